The Hall–Kier alpha value is -2.43. The van der Waals surface area contributed by atoms with Crippen LogP contribution in [0, 0.1) is 0 Å². The highest BCUT2D eigenvalue weighted by Gasteiger charge is 2.17. The Bertz CT molecular complexity index is 543. The number of methoxy groups -OCH3 is 1. The third-order valence-corrected chi connectivity index (χ3v) is 2.29. The van der Waals surface area contributed by atoms with Crippen molar-refractivity contribution < 1.29 is 23.9 Å². The minimum Gasteiger partial charge on any atom is -0.493 e. The number of benzene rings is 1. The van der Waals surface area contributed by atoms with Gasteiger partial charge >= 0.3 is 5.97 Å². The summed E-state index contributed by atoms with van der Waals surface area (Å²) in [5.41, 5.74) is 0.824. The van der Waals surface area contributed by atoms with Crippen LogP contribution < -0.4 is 9.47 Å². The third-order valence-electron chi connectivity index (χ3n) is 2.29. The Morgan fingerprint density at radius 2 is 1.89 bits per heavy atom. The number of hydrogen-bond donors (Lipinski definition) is 0. The SMILES string of the molecule is COc1cc(/C=C/C=O)cc(C(C)=O)c1OC(C)=O. The zero-order valence-corrected chi connectivity index (χ0v) is 10.9. The van der Waals surface area contributed by atoms with E-state index in [0.29, 0.717) is 11.8 Å². The number of carbonyl (C=O) groups is 3. The molecule has 5 heteroatoms. The first-order valence-corrected chi connectivity index (χ1v) is 5.52. The van der Waals surface area contributed by atoms with Crippen molar-refractivity contribution in [2.45, 2.75) is 13.8 Å². The molecule has 0 aromatic heterocycles. The molecule has 1 aromatic carbocycles. The van der Waals surface area contributed by atoms with Crippen molar-refractivity contribution in [1.82, 2.24) is 0 Å². The predicted molar refractivity (Wildman–Crippen MR) is 69.4 cm³/mol. The summed E-state index contributed by atoms with van der Waals surface area (Å²) in [6, 6.07) is 3.10. The van der Waals surface area contributed by atoms with E-state index in [0.717, 1.165) is 0 Å². The van der Waals surface area contributed by atoms with E-state index in [1.165, 1.54) is 39.2 Å². The molecule has 0 heterocycles. The van der Waals surface area contributed by atoms with E-state index in [4.69, 9.17) is 9.47 Å². The zero-order chi connectivity index (χ0) is 14.4. The van der Waals surface area contributed by atoms with Crippen molar-refractivity contribution in [1.29, 1.82) is 0 Å². The first kappa shape index (κ1) is 14.6. The van der Waals surface area contributed by atoms with Crippen molar-refractivity contribution in [3.05, 3.63) is 29.3 Å². The lowest BCUT2D eigenvalue weighted by molar-refractivity contribution is -0.132. The van der Waals surface area contributed by atoms with Gasteiger partial charge in [0.1, 0.15) is 6.29 Å². The highest BCUT2D eigenvalue weighted by molar-refractivity contribution is 5.99. The maximum Gasteiger partial charge on any atom is 0.308 e. The van der Waals surface area contributed by atoms with Gasteiger partial charge in [-0.05, 0) is 30.7 Å². The fourth-order valence-electron chi connectivity index (χ4n) is 1.53. The molecule has 0 spiro atoms. The van der Waals surface area contributed by atoms with Crippen molar-refractivity contribution in [3.63, 3.8) is 0 Å². The van der Waals surface area contributed by atoms with E-state index in [9.17, 15) is 14.4 Å². The number of hydrogen-bond acceptors (Lipinski definition) is 5. The summed E-state index contributed by atoms with van der Waals surface area (Å²) in [6.45, 7) is 2.60. The van der Waals surface area contributed by atoms with Crippen LogP contribution in [0.25, 0.3) is 6.08 Å². The summed E-state index contributed by atoms with van der Waals surface area (Å²) in [6.07, 6.45) is 3.45. The summed E-state index contributed by atoms with van der Waals surface area (Å²) in [5, 5.41) is 0. The monoisotopic (exact) mass is 262 g/mol. The van der Waals surface area contributed by atoms with Gasteiger partial charge in [0.25, 0.3) is 0 Å². The highest BCUT2D eigenvalue weighted by Crippen LogP contribution is 2.33. The second kappa shape index (κ2) is 6.49. The van der Waals surface area contributed by atoms with Crippen molar-refractivity contribution in [2.75, 3.05) is 7.11 Å². The first-order chi connectivity index (χ1) is 8.99. The molecule has 1 rings (SSSR count). The van der Waals surface area contributed by atoms with Gasteiger partial charge < -0.3 is 9.47 Å². The van der Waals surface area contributed by atoms with Gasteiger partial charge in [-0.15, -0.1) is 0 Å². The van der Waals surface area contributed by atoms with Gasteiger partial charge in [-0.2, -0.15) is 0 Å². The van der Waals surface area contributed by atoms with E-state index in [1.54, 1.807) is 6.07 Å². The topological polar surface area (TPSA) is 69.7 Å². The lowest BCUT2D eigenvalue weighted by Crippen LogP contribution is -2.08. The van der Waals surface area contributed by atoms with Crippen LogP contribution in [0.4, 0.5) is 0 Å². The second-order valence-corrected chi connectivity index (χ2v) is 3.74. The van der Waals surface area contributed by atoms with Gasteiger partial charge in [0.2, 0.25) is 0 Å². The molecule has 0 atom stereocenters. The quantitative estimate of drug-likeness (QED) is 0.267. The van der Waals surface area contributed by atoms with Crippen LogP contribution in [0.15, 0.2) is 18.2 Å². The molecular weight excluding hydrogens is 248 g/mol. The van der Waals surface area contributed by atoms with Gasteiger partial charge in [0.05, 0.1) is 12.7 Å². The predicted octanol–water partition coefficient (Wildman–Crippen LogP) is 2.04. The van der Waals surface area contributed by atoms with Crippen molar-refractivity contribution in [3.8, 4) is 11.5 Å². The maximum absolute atomic E-state index is 11.6. The molecule has 0 amide bonds. The average molecular weight is 262 g/mol. The van der Waals surface area contributed by atoms with Crippen LogP contribution in [0.2, 0.25) is 0 Å². The van der Waals surface area contributed by atoms with Crippen LogP contribution in [0.3, 0.4) is 0 Å². The lowest BCUT2D eigenvalue weighted by atomic mass is 10.0. The Kier molecular flexibility index (Phi) is 5.00. The fourth-order valence-corrected chi connectivity index (χ4v) is 1.53. The molecule has 0 bridgehead atoms. The summed E-state index contributed by atoms with van der Waals surface area (Å²) in [5.74, 6) is -0.466. The van der Waals surface area contributed by atoms with Crippen LogP contribution >= 0.6 is 0 Å². The van der Waals surface area contributed by atoms with E-state index >= 15 is 0 Å². The largest absolute Gasteiger partial charge is 0.493 e. The molecule has 0 fully saturated rings. The number of aldehydes is 1. The first-order valence-electron chi connectivity index (χ1n) is 5.52. The van der Waals surface area contributed by atoms with Crippen LogP contribution in [0.1, 0.15) is 29.8 Å². The van der Waals surface area contributed by atoms with Gasteiger partial charge in [0.15, 0.2) is 17.3 Å². The fraction of sp³-hybridized carbons (Fsp3) is 0.214. The van der Waals surface area contributed by atoms with Gasteiger partial charge in [-0.3, -0.25) is 14.4 Å². The van der Waals surface area contributed by atoms with Crippen LogP contribution in [-0.2, 0) is 9.59 Å². The van der Waals surface area contributed by atoms with Crippen LogP contribution in [0.5, 0.6) is 11.5 Å². The number of esters is 1. The Morgan fingerprint density at radius 1 is 1.21 bits per heavy atom. The number of ketones is 1. The van der Waals surface area contributed by atoms with Gasteiger partial charge in [-0.25, -0.2) is 0 Å². The van der Waals surface area contributed by atoms with Crippen molar-refractivity contribution in [2.24, 2.45) is 0 Å². The number of ether oxygens (including phenoxy) is 2. The molecule has 5 nitrogen and oxygen atoms in total. The minimum atomic E-state index is -0.544. The van der Waals surface area contributed by atoms with Gasteiger partial charge in [0, 0.05) is 6.92 Å². The number of Topliss-reactive ketones (excluding diaryl/α,β-unsaturated/α-hetero) is 1. The van der Waals surface area contributed by atoms with E-state index in [1.807, 2.05) is 0 Å². The minimum absolute atomic E-state index is 0.0887. The molecule has 0 unspecified atom stereocenters. The molecule has 1 aromatic rings. The van der Waals surface area contributed by atoms with E-state index in [2.05, 4.69) is 0 Å². The van der Waals surface area contributed by atoms with Crippen molar-refractivity contribution >= 4 is 24.1 Å². The van der Waals surface area contributed by atoms with E-state index in [-0.39, 0.29) is 22.8 Å². The number of rotatable bonds is 5. The maximum atomic E-state index is 11.6. The molecule has 0 aliphatic carbocycles. The molecule has 0 saturated carbocycles. The molecule has 0 N–H and O–H groups in total. The normalized spacial score (nSPS) is 10.3. The van der Waals surface area contributed by atoms with Crippen LogP contribution in [-0.4, -0.2) is 25.1 Å². The summed E-state index contributed by atoms with van der Waals surface area (Å²) < 4.78 is 10.1. The van der Waals surface area contributed by atoms with Gasteiger partial charge in [-0.1, -0.05) is 6.08 Å². The summed E-state index contributed by atoms with van der Waals surface area (Å²) >= 11 is 0. The Labute approximate surface area is 110 Å². The Balaban J connectivity index is 3.43. The third kappa shape index (κ3) is 3.77. The molecule has 0 aliphatic heterocycles. The highest BCUT2D eigenvalue weighted by atomic mass is 16.6. The molecule has 0 aliphatic rings. The molecule has 100 valence electrons. The standard InChI is InChI=1S/C14H14O5/c1-9(16)12-7-11(5-4-6-15)8-13(18-3)14(12)19-10(2)17/h4-8H,1-3H3/b5-4+. The smallest absolute Gasteiger partial charge is 0.308 e. The Morgan fingerprint density at radius 3 is 2.37 bits per heavy atom. The lowest BCUT2D eigenvalue weighted by Gasteiger charge is -2.12. The zero-order valence-electron chi connectivity index (χ0n) is 10.9. The molecule has 19 heavy (non-hydrogen) atoms. The average Bonchev–Trinajstić information content (AvgIpc) is 2.36. The molecule has 0 radical (unpaired) electrons. The second-order valence-electron chi connectivity index (χ2n) is 3.74. The van der Waals surface area contributed by atoms with E-state index < -0.39 is 5.97 Å². The number of allylic oxidation sites excluding steroid dienone is 1. The molecule has 0 saturated heterocycles. The number of carbonyl (C=O) groups excluding carboxylic acids is 3. The summed E-state index contributed by atoms with van der Waals surface area (Å²) in [7, 11) is 1.40. The summed E-state index contributed by atoms with van der Waals surface area (Å²) in [4.78, 5) is 33.0. The molecular formula is C14H14O5.